The third-order valence-electron chi connectivity index (χ3n) is 10.4. The molecule has 1 atom stereocenters. The van der Waals surface area contributed by atoms with Gasteiger partial charge in [-0.3, -0.25) is 9.89 Å². The first kappa shape index (κ1) is 30.5. The summed E-state index contributed by atoms with van der Waals surface area (Å²) in [5.41, 5.74) is 3.86. The van der Waals surface area contributed by atoms with Gasteiger partial charge in [-0.05, 0) is 87.4 Å². The average Bonchev–Trinajstić information content (AvgIpc) is 3.50. The molecule has 0 aliphatic carbocycles. The van der Waals surface area contributed by atoms with Crippen molar-refractivity contribution in [2.75, 3.05) is 51.1 Å². The summed E-state index contributed by atoms with van der Waals surface area (Å²) in [7, 11) is 0. The summed E-state index contributed by atoms with van der Waals surface area (Å²) >= 11 is 0. The van der Waals surface area contributed by atoms with Crippen LogP contribution in [0.3, 0.4) is 0 Å². The largest absolute Gasteiger partial charge is 0.436 e. The van der Waals surface area contributed by atoms with Crippen LogP contribution >= 0.6 is 0 Å². The number of likely N-dealkylation sites (tertiary alicyclic amines) is 3. The number of hydrogen-bond acceptors (Lipinski definition) is 6. The quantitative estimate of drug-likeness (QED) is 0.412. The molecule has 0 saturated carbocycles. The predicted molar refractivity (Wildman–Crippen MR) is 176 cm³/mol. The monoisotopic (exact) mass is 627 g/mol. The maximum Gasteiger partial charge on any atom is 0.410 e. The molecule has 3 saturated heterocycles. The number of aromatic amines is 1. The van der Waals surface area contributed by atoms with E-state index in [4.69, 9.17) is 4.74 Å². The molecule has 4 amide bonds. The lowest BCUT2D eigenvalue weighted by molar-refractivity contribution is -0.142. The molecular formula is C35H45N7O4. The summed E-state index contributed by atoms with van der Waals surface area (Å²) in [6.07, 6.45) is 8.57. The van der Waals surface area contributed by atoms with Crippen molar-refractivity contribution in [3.63, 3.8) is 0 Å². The van der Waals surface area contributed by atoms with E-state index in [1.54, 1.807) is 11.1 Å². The van der Waals surface area contributed by atoms with Crippen LogP contribution in [-0.4, -0.2) is 112 Å². The summed E-state index contributed by atoms with van der Waals surface area (Å²) in [5.74, 6) is -0.117. The van der Waals surface area contributed by atoms with Crippen LogP contribution in [0.2, 0.25) is 0 Å². The molecule has 2 N–H and O–H groups in total. The SMILES string of the molecule is O=C(O[C@H](Cc1ccc2[nH]ncc2c1)C(=O)N1CCC(N2CCCCC2)CC1)N1CCC(N2CCc3ccccc3NC2=O)CC1. The molecule has 244 valence electrons. The Labute approximate surface area is 270 Å². The van der Waals surface area contributed by atoms with Crippen LogP contribution in [0.25, 0.3) is 10.9 Å². The van der Waals surface area contributed by atoms with Gasteiger partial charge in [-0.2, -0.15) is 5.10 Å². The topological polar surface area (TPSA) is 114 Å². The first-order valence-electron chi connectivity index (χ1n) is 17.1. The number of H-pyrrole nitrogens is 1. The Kier molecular flexibility index (Phi) is 9.09. The molecular weight excluding hydrogens is 582 g/mol. The number of aromatic nitrogens is 2. The number of carbonyl (C=O) groups excluding carboxylic acids is 3. The molecule has 3 aromatic rings. The van der Waals surface area contributed by atoms with E-state index in [1.165, 1.54) is 19.3 Å². The van der Waals surface area contributed by atoms with Crippen LogP contribution in [0, 0.1) is 0 Å². The molecule has 4 aliphatic rings. The van der Waals surface area contributed by atoms with Crippen molar-refractivity contribution in [2.24, 2.45) is 0 Å². The highest BCUT2D eigenvalue weighted by Crippen LogP contribution is 2.26. The summed E-state index contributed by atoms with van der Waals surface area (Å²) in [4.78, 5) is 48.7. The summed E-state index contributed by atoms with van der Waals surface area (Å²) in [6, 6.07) is 14.3. The Balaban J connectivity index is 0.986. The lowest BCUT2D eigenvalue weighted by Crippen LogP contribution is -2.53. The van der Waals surface area contributed by atoms with Gasteiger partial charge in [-0.15, -0.1) is 0 Å². The van der Waals surface area contributed by atoms with Gasteiger partial charge in [0.05, 0.1) is 11.7 Å². The number of benzene rings is 2. The number of urea groups is 1. The van der Waals surface area contributed by atoms with E-state index < -0.39 is 12.2 Å². The third-order valence-corrected chi connectivity index (χ3v) is 10.4. The van der Waals surface area contributed by atoms with Gasteiger partial charge >= 0.3 is 12.1 Å². The van der Waals surface area contributed by atoms with E-state index in [0.717, 1.165) is 60.1 Å². The second-order valence-electron chi connectivity index (χ2n) is 13.3. The fourth-order valence-corrected chi connectivity index (χ4v) is 7.75. The number of amides is 4. The van der Waals surface area contributed by atoms with Gasteiger partial charge in [0.25, 0.3) is 5.91 Å². The molecule has 0 spiro atoms. The third kappa shape index (κ3) is 6.70. The minimum atomic E-state index is -0.906. The van der Waals surface area contributed by atoms with Crippen molar-refractivity contribution in [1.82, 2.24) is 29.8 Å². The maximum absolute atomic E-state index is 14.0. The summed E-state index contributed by atoms with van der Waals surface area (Å²) in [5, 5.41) is 11.1. The first-order valence-corrected chi connectivity index (χ1v) is 17.1. The second kappa shape index (κ2) is 13.7. The minimum Gasteiger partial charge on any atom is -0.436 e. The number of hydrogen-bond donors (Lipinski definition) is 2. The van der Waals surface area contributed by atoms with Crippen molar-refractivity contribution < 1.29 is 19.1 Å². The van der Waals surface area contributed by atoms with Gasteiger partial charge in [0.2, 0.25) is 0 Å². The van der Waals surface area contributed by atoms with Crippen molar-refractivity contribution in [3.05, 3.63) is 59.8 Å². The highest BCUT2D eigenvalue weighted by atomic mass is 16.6. The molecule has 1 aromatic heterocycles. The lowest BCUT2D eigenvalue weighted by atomic mass is 9.98. The fraction of sp³-hybridized carbons (Fsp3) is 0.543. The Hall–Kier alpha value is -4.12. The molecule has 2 aromatic carbocycles. The molecule has 0 unspecified atom stereocenters. The Morgan fingerprint density at radius 2 is 1.61 bits per heavy atom. The number of nitrogens with one attached hydrogen (secondary N) is 2. The highest BCUT2D eigenvalue weighted by Gasteiger charge is 2.36. The molecule has 3 fully saturated rings. The minimum absolute atomic E-state index is 0.0404. The highest BCUT2D eigenvalue weighted by molar-refractivity contribution is 5.91. The normalized spacial score (nSPS) is 21.0. The van der Waals surface area contributed by atoms with Gasteiger partial charge in [0.15, 0.2) is 6.10 Å². The summed E-state index contributed by atoms with van der Waals surface area (Å²) < 4.78 is 6.08. The van der Waals surface area contributed by atoms with E-state index in [2.05, 4.69) is 26.5 Å². The molecule has 7 rings (SSSR count). The molecule has 0 radical (unpaired) electrons. The standard InChI is InChI=1S/C35H45N7O4/c43-33(40-17-11-28(12-18-40)39-15-4-1-5-16-39)32(23-25-8-9-31-27(22-25)24-36-38-31)46-35(45)41-19-13-29(14-20-41)42-21-10-26-6-2-3-7-30(26)37-34(42)44/h2-3,6-9,22,24,28-29,32H,1,4-5,10-21,23H2,(H,36,38)(H,37,44)/t32-/m1/s1. The number of fused-ring (bicyclic) bond motifs is 2. The van der Waals surface area contributed by atoms with Gasteiger partial charge in [0, 0.05) is 62.3 Å². The Morgan fingerprint density at radius 3 is 2.41 bits per heavy atom. The molecule has 5 heterocycles. The van der Waals surface area contributed by atoms with E-state index in [0.29, 0.717) is 58.0 Å². The zero-order valence-electron chi connectivity index (χ0n) is 26.5. The van der Waals surface area contributed by atoms with Crippen molar-refractivity contribution >= 4 is 34.6 Å². The van der Waals surface area contributed by atoms with Crippen LogP contribution in [0.1, 0.15) is 56.1 Å². The number of ether oxygens (including phenoxy) is 1. The zero-order valence-corrected chi connectivity index (χ0v) is 26.5. The van der Waals surface area contributed by atoms with Gasteiger partial charge < -0.3 is 29.7 Å². The molecule has 4 aliphatic heterocycles. The molecule has 11 nitrogen and oxygen atoms in total. The van der Waals surface area contributed by atoms with Crippen LogP contribution in [0.5, 0.6) is 0 Å². The molecule has 46 heavy (non-hydrogen) atoms. The van der Waals surface area contributed by atoms with Crippen molar-refractivity contribution in [3.8, 4) is 0 Å². The number of rotatable bonds is 6. The molecule has 11 heteroatoms. The van der Waals surface area contributed by atoms with E-state index in [9.17, 15) is 14.4 Å². The number of nitrogens with zero attached hydrogens (tertiary/aromatic N) is 5. The molecule has 0 bridgehead atoms. The van der Waals surface area contributed by atoms with Gasteiger partial charge in [-0.1, -0.05) is 30.7 Å². The first-order chi connectivity index (χ1) is 22.5. The van der Waals surface area contributed by atoms with Gasteiger partial charge in [-0.25, -0.2) is 9.59 Å². The number of piperidine rings is 3. The smallest absolute Gasteiger partial charge is 0.410 e. The maximum atomic E-state index is 14.0. The van der Waals surface area contributed by atoms with Crippen LogP contribution in [0.15, 0.2) is 48.7 Å². The van der Waals surface area contributed by atoms with E-state index in [-0.39, 0.29) is 18.0 Å². The van der Waals surface area contributed by atoms with Crippen LogP contribution in [0.4, 0.5) is 15.3 Å². The van der Waals surface area contributed by atoms with Crippen LogP contribution < -0.4 is 5.32 Å². The number of anilines is 1. The van der Waals surface area contributed by atoms with E-state index in [1.807, 2.05) is 46.2 Å². The number of para-hydroxylation sites is 1. The Morgan fingerprint density at radius 1 is 0.870 bits per heavy atom. The predicted octanol–water partition coefficient (Wildman–Crippen LogP) is 4.64. The van der Waals surface area contributed by atoms with Crippen LogP contribution in [-0.2, 0) is 22.4 Å². The van der Waals surface area contributed by atoms with Crippen molar-refractivity contribution in [1.29, 1.82) is 0 Å². The number of carbonyl (C=O) groups is 3. The zero-order chi connectivity index (χ0) is 31.5. The Bertz CT molecular complexity index is 1540. The summed E-state index contributed by atoms with van der Waals surface area (Å²) in [6.45, 7) is 5.27. The average molecular weight is 628 g/mol. The lowest BCUT2D eigenvalue weighted by Gasteiger charge is -2.41. The van der Waals surface area contributed by atoms with Gasteiger partial charge in [0.1, 0.15) is 0 Å². The van der Waals surface area contributed by atoms with Crippen molar-refractivity contribution in [2.45, 2.75) is 76.0 Å². The fourth-order valence-electron chi connectivity index (χ4n) is 7.75. The van der Waals surface area contributed by atoms with E-state index >= 15 is 0 Å². The second-order valence-corrected chi connectivity index (χ2v) is 13.3.